The van der Waals surface area contributed by atoms with E-state index in [2.05, 4.69) is 0 Å². The molecule has 9 heteroatoms. The van der Waals surface area contributed by atoms with Crippen LogP contribution in [0.2, 0.25) is 0 Å². The van der Waals surface area contributed by atoms with Crippen LogP contribution in [0.5, 0.6) is 0 Å². The van der Waals surface area contributed by atoms with Crippen LogP contribution < -0.4 is 5.32 Å². The van der Waals surface area contributed by atoms with Gasteiger partial charge in [-0.15, -0.1) is 0 Å². The van der Waals surface area contributed by atoms with E-state index in [1.165, 1.54) is 18.2 Å². The maximum atomic E-state index is 13.6. The summed E-state index contributed by atoms with van der Waals surface area (Å²) in [5.74, 6) is -13.5. The average molecular weight is 343 g/mol. The Morgan fingerprint density at radius 2 is 1.54 bits per heavy atom. The summed E-state index contributed by atoms with van der Waals surface area (Å²) >= 11 is 0. The standard InChI is InChI=1S/C15H6F5NO3/c16-9-8(10(17)12(19)13(20)11(9)18)14(22)21-6-2-1-5-4-24-15(23)7(5)3-6/h1-3H,4H2,(H,21,22). The van der Waals surface area contributed by atoms with Crippen LogP contribution in [0.1, 0.15) is 26.3 Å². The maximum absolute atomic E-state index is 13.6. The highest BCUT2D eigenvalue weighted by atomic mass is 19.2. The first-order valence-corrected chi connectivity index (χ1v) is 6.44. The summed E-state index contributed by atoms with van der Waals surface area (Å²) in [5, 5.41) is 1.98. The van der Waals surface area contributed by atoms with Gasteiger partial charge in [-0.1, -0.05) is 6.07 Å². The molecule has 124 valence electrons. The lowest BCUT2D eigenvalue weighted by atomic mass is 10.1. The fourth-order valence-electron chi connectivity index (χ4n) is 2.19. The number of nitrogens with one attached hydrogen (secondary N) is 1. The van der Waals surface area contributed by atoms with Crippen LogP contribution >= 0.6 is 0 Å². The third-order valence-electron chi connectivity index (χ3n) is 3.38. The zero-order chi connectivity index (χ0) is 17.6. The molecule has 0 bridgehead atoms. The van der Waals surface area contributed by atoms with Gasteiger partial charge in [-0.3, -0.25) is 4.79 Å². The summed E-state index contributed by atoms with van der Waals surface area (Å²) in [7, 11) is 0. The van der Waals surface area contributed by atoms with Gasteiger partial charge in [-0.2, -0.15) is 0 Å². The van der Waals surface area contributed by atoms with Crippen molar-refractivity contribution in [3.8, 4) is 0 Å². The molecule has 0 spiro atoms. The van der Waals surface area contributed by atoms with Gasteiger partial charge in [0.25, 0.3) is 5.91 Å². The van der Waals surface area contributed by atoms with Crippen LogP contribution in [0, 0.1) is 29.1 Å². The summed E-state index contributed by atoms with van der Waals surface area (Å²) in [5.41, 5.74) is -1.02. The summed E-state index contributed by atoms with van der Waals surface area (Å²) in [6, 6.07) is 3.90. The second-order valence-corrected chi connectivity index (χ2v) is 4.85. The Kier molecular flexibility index (Phi) is 3.70. The molecular formula is C15H6F5NO3. The van der Waals surface area contributed by atoms with Crippen molar-refractivity contribution in [1.29, 1.82) is 0 Å². The molecule has 1 amide bonds. The monoisotopic (exact) mass is 343 g/mol. The lowest BCUT2D eigenvalue weighted by Gasteiger charge is -2.09. The van der Waals surface area contributed by atoms with Crippen molar-refractivity contribution in [3.05, 3.63) is 64.0 Å². The van der Waals surface area contributed by atoms with E-state index < -0.39 is 46.5 Å². The van der Waals surface area contributed by atoms with Crippen molar-refractivity contribution in [2.24, 2.45) is 0 Å². The number of rotatable bonds is 2. The summed E-state index contributed by atoms with van der Waals surface area (Å²) in [6.07, 6.45) is 0. The van der Waals surface area contributed by atoms with Crippen molar-refractivity contribution in [1.82, 2.24) is 0 Å². The normalized spacial score (nSPS) is 12.8. The molecule has 0 atom stereocenters. The highest BCUT2D eigenvalue weighted by Crippen LogP contribution is 2.26. The number of esters is 1. The Labute approximate surface area is 130 Å². The average Bonchev–Trinajstić information content (AvgIpc) is 2.92. The third kappa shape index (κ3) is 2.38. The molecule has 0 unspecified atom stereocenters. The number of halogens is 5. The number of hydrogen-bond acceptors (Lipinski definition) is 3. The minimum atomic E-state index is -2.36. The first kappa shape index (κ1) is 15.9. The van der Waals surface area contributed by atoms with E-state index >= 15 is 0 Å². The Bertz CT molecular complexity index is 868. The smallest absolute Gasteiger partial charge is 0.338 e. The molecule has 0 saturated heterocycles. The number of anilines is 1. The molecule has 0 aromatic heterocycles. The van der Waals surface area contributed by atoms with E-state index in [9.17, 15) is 31.5 Å². The van der Waals surface area contributed by atoms with Gasteiger partial charge < -0.3 is 10.1 Å². The highest BCUT2D eigenvalue weighted by molar-refractivity contribution is 6.05. The van der Waals surface area contributed by atoms with E-state index in [0.29, 0.717) is 5.56 Å². The second-order valence-electron chi connectivity index (χ2n) is 4.85. The molecule has 4 nitrogen and oxygen atoms in total. The van der Waals surface area contributed by atoms with Crippen LogP contribution in [0.15, 0.2) is 18.2 Å². The number of fused-ring (bicyclic) bond motifs is 1. The number of hydrogen-bond donors (Lipinski definition) is 1. The predicted molar refractivity (Wildman–Crippen MR) is 69.7 cm³/mol. The van der Waals surface area contributed by atoms with Gasteiger partial charge >= 0.3 is 5.97 Å². The number of carbonyl (C=O) groups is 2. The zero-order valence-electron chi connectivity index (χ0n) is 11.6. The molecule has 1 heterocycles. The van der Waals surface area contributed by atoms with Gasteiger partial charge in [0.05, 0.1) is 5.56 Å². The molecule has 1 aliphatic rings. The number of ether oxygens (including phenoxy) is 1. The molecule has 1 aliphatic heterocycles. The summed E-state index contributed by atoms with van der Waals surface area (Å²) < 4.78 is 71.1. The molecule has 0 saturated carbocycles. The van der Waals surface area contributed by atoms with Gasteiger partial charge in [0.2, 0.25) is 5.82 Å². The van der Waals surface area contributed by atoms with Crippen molar-refractivity contribution in [2.45, 2.75) is 6.61 Å². The van der Waals surface area contributed by atoms with Gasteiger partial charge in [0, 0.05) is 11.3 Å². The lowest BCUT2D eigenvalue weighted by Crippen LogP contribution is -2.19. The van der Waals surface area contributed by atoms with E-state index in [1.807, 2.05) is 5.32 Å². The zero-order valence-corrected chi connectivity index (χ0v) is 11.6. The predicted octanol–water partition coefficient (Wildman–Crippen LogP) is 3.30. The van der Waals surface area contributed by atoms with Gasteiger partial charge in [0.15, 0.2) is 23.3 Å². The molecule has 2 aromatic rings. The number of cyclic esters (lactones) is 1. The van der Waals surface area contributed by atoms with Gasteiger partial charge in [-0.25, -0.2) is 26.7 Å². The van der Waals surface area contributed by atoms with Crippen molar-refractivity contribution in [3.63, 3.8) is 0 Å². The number of amides is 1. The fraction of sp³-hybridized carbons (Fsp3) is 0.0667. The molecular weight excluding hydrogens is 337 g/mol. The Balaban J connectivity index is 1.97. The summed E-state index contributed by atoms with van der Waals surface area (Å²) in [6.45, 7) is 0.0417. The first-order chi connectivity index (χ1) is 11.3. The quantitative estimate of drug-likeness (QED) is 0.394. The van der Waals surface area contributed by atoms with Crippen LogP contribution in [-0.2, 0) is 11.3 Å². The number of benzene rings is 2. The molecule has 0 aliphatic carbocycles. The number of carbonyl (C=O) groups excluding carboxylic acids is 2. The third-order valence-corrected chi connectivity index (χ3v) is 3.38. The van der Waals surface area contributed by atoms with Crippen molar-refractivity contribution >= 4 is 17.6 Å². The van der Waals surface area contributed by atoms with Crippen LogP contribution in [-0.4, -0.2) is 11.9 Å². The van der Waals surface area contributed by atoms with E-state index in [4.69, 9.17) is 4.74 Å². The van der Waals surface area contributed by atoms with Gasteiger partial charge in [-0.05, 0) is 12.1 Å². The minimum absolute atomic E-state index is 0.0417. The minimum Gasteiger partial charge on any atom is -0.457 e. The molecule has 3 rings (SSSR count). The van der Waals surface area contributed by atoms with E-state index in [0.717, 1.165) is 0 Å². The van der Waals surface area contributed by atoms with Crippen molar-refractivity contribution < 1.29 is 36.3 Å². The largest absolute Gasteiger partial charge is 0.457 e. The van der Waals surface area contributed by atoms with E-state index in [-0.39, 0.29) is 17.9 Å². The summed E-state index contributed by atoms with van der Waals surface area (Å²) in [4.78, 5) is 23.3. The topological polar surface area (TPSA) is 55.4 Å². The Morgan fingerprint density at radius 3 is 2.17 bits per heavy atom. The Morgan fingerprint density at radius 1 is 0.958 bits per heavy atom. The molecule has 2 aromatic carbocycles. The molecule has 0 radical (unpaired) electrons. The van der Waals surface area contributed by atoms with Crippen molar-refractivity contribution in [2.75, 3.05) is 5.32 Å². The second kappa shape index (κ2) is 5.59. The molecule has 0 fully saturated rings. The maximum Gasteiger partial charge on any atom is 0.338 e. The Hall–Kier alpha value is -2.97. The molecule has 1 N–H and O–H groups in total. The van der Waals surface area contributed by atoms with Crippen LogP contribution in [0.3, 0.4) is 0 Å². The molecule has 24 heavy (non-hydrogen) atoms. The SMILES string of the molecule is O=C1OCc2ccc(NC(=O)c3c(F)c(F)c(F)c(F)c3F)cc21. The van der Waals surface area contributed by atoms with Gasteiger partial charge in [0.1, 0.15) is 12.2 Å². The highest BCUT2D eigenvalue weighted by Gasteiger charge is 2.30. The lowest BCUT2D eigenvalue weighted by molar-refractivity contribution is 0.0535. The van der Waals surface area contributed by atoms with E-state index in [1.54, 1.807) is 0 Å². The van der Waals surface area contributed by atoms with Crippen LogP contribution in [0.4, 0.5) is 27.6 Å². The fourth-order valence-corrected chi connectivity index (χ4v) is 2.19. The van der Waals surface area contributed by atoms with Crippen LogP contribution in [0.25, 0.3) is 0 Å². The first-order valence-electron chi connectivity index (χ1n) is 6.44.